The van der Waals surface area contributed by atoms with Gasteiger partial charge in [-0.15, -0.1) is 0 Å². The van der Waals surface area contributed by atoms with Crippen molar-refractivity contribution in [1.82, 2.24) is 4.90 Å². The van der Waals surface area contributed by atoms with Crippen molar-refractivity contribution in [3.05, 3.63) is 35.9 Å². The Morgan fingerprint density at radius 3 is 2.45 bits per heavy atom. The van der Waals surface area contributed by atoms with E-state index in [2.05, 4.69) is 0 Å². The minimum Gasteiger partial charge on any atom is -0.443 e. The second kappa shape index (κ2) is 6.30. The third kappa shape index (κ3) is 4.16. The molecule has 0 spiro atoms. The number of nitrogens with zero attached hydrogens (tertiary/aromatic N) is 1. The first-order chi connectivity index (χ1) is 10.3. The van der Waals surface area contributed by atoms with Crippen LogP contribution < -0.4 is 0 Å². The molecule has 1 aliphatic rings. The van der Waals surface area contributed by atoms with Gasteiger partial charge in [-0.1, -0.05) is 30.3 Å². The molecule has 1 heterocycles. The summed E-state index contributed by atoms with van der Waals surface area (Å²) in [4.78, 5) is 37.3. The van der Waals surface area contributed by atoms with Gasteiger partial charge in [-0.25, -0.2) is 9.69 Å². The summed E-state index contributed by atoms with van der Waals surface area (Å²) in [5.74, 6) is -0.614. The Morgan fingerprint density at radius 1 is 1.23 bits per heavy atom. The van der Waals surface area contributed by atoms with Crippen molar-refractivity contribution in [2.45, 2.75) is 51.7 Å². The molecular formula is C17H21NO4. The molecule has 22 heavy (non-hydrogen) atoms. The number of ketones is 1. The molecule has 1 aromatic carbocycles. The smallest absolute Gasteiger partial charge is 0.417 e. The van der Waals surface area contributed by atoms with Gasteiger partial charge in [-0.2, -0.15) is 0 Å². The molecule has 0 saturated carbocycles. The van der Waals surface area contributed by atoms with Crippen molar-refractivity contribution in [2.75, 3.05) is 0 Å². The minimum absolute atomic E-state index is 0.134. The third-order valence-electron chi connectivity index (χ3n) is 3.35. The number of Topliss-reactive ketones (excluding diaryl/α,β-unsaturated/α-hetero) is 1. The van der Waals surface area contributed by atoms with E-state index in [1.54, 1.807) is 20.8 Å². The van der Waals surface area contributed by atoms with Gasteiger partial charge in [0.15, 0.2) is 0 Å². The van der Waals surface area contributed by atoms with Gasteiger partial charge in [0, 0.05) is 6.42 Å². The number of amides is 2. The molecule has 2 rings (SSSR count). The van der Waals surface area contributed by atoms with Crippen molar-refractivity contribution in [1.29, 1.82) is 0 Å². The number of ether oxygens (including phenoxy) is 1. The first kappa shape index (κ1) is 16.2. The summed E-state index contributed by atoms with van der Waals surface area (Å²) in [6, 6.07) is 9.02. The molecule has 1 unspecified atom stereocenters. The fraction of sp³-hybridized carbons (Fsp3) is 0.471. The van der Waals surface area contributed by atoms with Crippen LogP contribution in [0.2, 0.25) is 0 Å². The number of hydrogen-bond acceptors (Lipinski definition) is 4. The standard InChI is InChI=1S/C17H21NO4/c1-17(2,3)22-16(21)18-13(10-14(19)11-15(18)20)9-12-7-5-4-6-8-12/h4-8,13H,9-11H2,1-3H3. The summed E-state index contributed by atoms with van der Waals surface area (Å²) < 4.78 is 5.31. The Kier molecular flexibility index (Phi) is 4.64. The quantitative estimate of drug-likeness (QED) is 0.788. The SMILES string of the molecule is CC(C)(C)OC(=O)N1C(=O)CC(=O)CC1Cc1ccccc1. The maximum atomic E-state index is 12.3. The van der Waals surface area contributed by atoms with Crippen LogP contribution in [0.15, 0.2) is 30.3 Å². The van der Waals surface area contributed by atoms with E-state index in [0.717, 1.165) is 10.5 Å². The number of hydrogen-bond donors (Lipinski definition) is 0. The zero-order valence-electron chi connectivity index (χ0n) is 13.2. The normalized spacial score (nSPS) is 19.2. The van der Waals surface area contributed by atoms with E-state index in [1.807, 2.05) is 30.3 Å². The molecule has 0 aromatic heterocycles. The average molecular weight is 303 g/mol. The zero-order chi connectivity index (χ0) is 16.3. The highest BCUT2D eigenvalue weighted by Gasteiger charge is 2.39. The molecule has 2 amide bonds. The van der Waals surface area contributed by atoms with Gasteiger partial charge >= 0.3 is 6.09 Å². The largest absolute Gasteiger partial charge is 0.443 e. The van der Waals surface area contributed by atoms with Gasteiger partial charge in [-0.3, -0.25) is 9.59 Å². The summed E-state index contributed by atoms with van der Waals surface area (Å²) in [5.41, 5.74) is 0.291. The highest BCUT2D eigenvalue weighted by atomic mass is 16.6. The first-order valence-corrected chi connectivity index (χ1v) is 7.37. The molecule has 1 fully saturated rings. The van der Waals surface area contributed by atoms with Crippen LogP contribution in [0.25, 0.3) is 0 Å². The summed E-state index contributed by atoms with van der Waals surface area (Å²) in [6.07, 6.45) is -0.270. The molecule has 1 aliphatic heterocycles. The lowest BCUT2D eigenvalue weighted by atomic mass is 9.95. The minimum atomic E-state index is -0.684. The third-order valence-corrected chi connectivity index (χ3v) is 3.35. The molecule has 0 radical (unpaired) electrons. The number of imide groups is 1. The topological polar surface area (TPSA) is 63.7 Å². The van der Waals surface area contributed by atoms with E-state index in [0.29, 0.717) is 6.42 Å². The number of benzene rings is 1. The highest BCUT2D eigenvalue weighted by Crippen LogP contribution is 2.22. The van der Waals surface area contributed by atoms with E-state index in [-0.39, 0.29) is 18.6 Å². The van der Waals surface area contributed by atoms with E-state index < -0.39 is 23.6 Å². The Hall–Kier alpha value is -2.17. The number of carbonyl (C=O) groups excluding carboxylic acids is 3. The monoisotopic (exact) mass is 303 g/mol. The molecule has 0 N–H and O–H groups in total. The first-order valence-electron chi connectivity index (χ1n) is 7.37. The number of piperidine rings is 1. The molecule has 0 aliphatic carbocycles. The van der Waals surface area contributed by atoms with Crippen LogP contribution in [-0.4, -0.2) is 34.3 Å². The van der Waals surface area contributed by atoms with Gasteiger partial charge in [0.2, 0.25) is 5.91 Å². The number of likely N-dealkylation sites (tertiary alicyclic amines) is 1. The van der Waals surface area contributed by atoms with Gasteiger partial charge in [0.1, 0.15) is 11.4 Å². The Bertz CT molecular complexity index is 574. The lowest BCUT2D eigenvalue weighted by molar-refractivity contribution is -0.141. The van der Waals surface area contributed by atoms with Gasteiger partial charge in [0.05, 0.1) is 12.5 Å². The van der Waals surface area contributed by atoms with Crippen LogP contribution in [0.4, 0.5) is 4.79 Å². The second-order valence-corrected chi connectivity index (χ2v) is 6.51. The van der Waals surface area contributed by atoms with Crippen molar-refractivity contribution >= 4 is 17.8 Å². The van der Waals surface area contributed by atoms with Gasteiger partial charge in [0.25, 0.3) is 0 Å². The predicted molar refractivity (Wildman–Crippen MR) is 81.3 cm³/mol. The summed E-state index contributed by atoms with van der Waals surface area (Å²) >= 11 is 0. The zero-order valence-corrected chi connectivity index (χ0v) is 13.2. The predicted octanol–water partition coefficient (Wildman–Crippen LogP) is 2.72. The van der Waals surface area contributed by atoms with Gasteiger partial charge < -0.3 is 4.74 Å². The van der Waals surface area contributed by atoms with Crippen molar-refractivity contribution in [3.8, 4) is 0 Å². The Labute approximate surface area is 130 Å². The molecule has 1 saturated heterocycles. The van der Waals surface area contributed by atoms with Gasteiger partial charge in [-0.05, 0) is 32.8 Å². The highest BCUT2D eigenvalue weighted by molar-refractivity contribution is 6.06. The molecule has 0 bridgehead atoms. The van der Waals surface area contributed by atoms with Crippen molar-refractivity contribution < 1.29 is 19.1 Å². The Balaban J connectivity index is 2.20. The van der Waals surface area contributed by atoms with E-state index >= 15 is 0 Å². The van der Waals surface area contributed by atoms with Crippen LogP contribution >= 0.6 is 0 Å². The summed E-state index contributed by atoms with van der Waals surface area (Å²) in [5, 5.41) is 0. The fourth-order valence-electron chi connectivity index (χ4n) is 2.50. The van der Waals surface area contributed by atoms with Crippen molar-refractivity contribution in [3.63, 3.8) is 0 Å². The molecule has 5 nitrogen and oxygen atoms in total. The van der Waals surface area contributed by atoms with E-state index in [9.17, 15) is 14.4 Å². The van der Waals surface area contributed by atoms with Crippen LogP contribution in [0, 0.1) is 0 Å². The molecule has 1 atom stereocenters. The maximum absolute atomic E-state index is 12.3. The molecule has 1 aromatic rings. The van der Waals surface area contributed by atoms with Crippen LogP contribution in [0.3, 0.4) is 0 Å². The maximum Gasteiger partial charge on any atom is 0.417 e. The summed E-state index contributed by atoms with van der Waals surface area (Å²) in [7, 11) is 0. The lowest BCUT2D eigenvalue weighted by Crippen LogP contribution is -2.52. The van der Waals surface area contributed by atoms with Crippen LogP contribution in [0.1, 0.15) is 39.2 Å². The lowest BCUT2D eigenvalue weighted by Gasteiger charge is -2.34. The molecular weight excluding hydrogens is 282 g/mol. The average Bonchev–Trinajstić information content (AvgIpc) is 2.36. The van der Waals surface area contributed by atoms with Crippen LogP contribution in [-0.2, 0) is 20.7 Å². The van der Waals surface area contributed by atoms with E-state index in [4.69, 9.17) is 4.74 Å². The number of rotatable bonds is 2. The van der Waals surface area contributed by atoms with E-state index in [1.165, 1.54) is 0 Å². The second-order valence-electron chi connectivity index (χ2n) is 6.51. The number of carbonyl (C=O) groups is 3. The van der Waals surface area contributed by atoms with Crippen LogP contribution in [0.5, 0.6) is 0 Å². The Morgan fingerprint density at radius 2 is 1.86 bits per heavy atom. The molecule has 118 valence electrons. The van der Waals surface area contributed by atoms with Crippen molar-refractivity contribution in [2.24, 2.45) is 0 Å². The molecule has 5 heteroatoms. The summed E-state index contributed by atoms with van der Waals surface area (Å²) in [6.45, 7) is 5.24. The fourth-order valence-corrected chi connectivity index (χ4v) is 2.50.